The number of nitrogens with zero attached hydrogens (tertiary/aromatic N) is 1. The zero-order chi connectivity index (χ0) is 25.5. The van der Waals surface area contributed by atoms with Crippen molar-refractivity contribution in [2.75, 3.05) is 13.9 Å². The van der Waals surface area contributed by atoms with Gasteiger partial charge >= 0.3 is 11.8 Å². The Kier molecular flexibility index (Phi) is 7.86. The molecule has 0 saturated carbocycles. The SMILES string of the molecule is COc1cccc(/C=N\NC(=O)C(=O)NCc2ccc3c(c2)OCO3)c1OCc1c(F)cccc1Cl. The molecule has 0 atom stereocenters. The Labute approximate surface area is 210 Å². The van der Waals surface area contributed by atoms with E-state index in [2.05, 4.69) is 15.8 Å². The summed E-state index contributed by atoms with van der Waals surface area (Å²) >= 11 is 6.07. The van der Waals surface area contributed by atoms with E-state index in [1.54, 1.807) is 42.5 Å². The molecule has 1 aliphatic heterocycles. The van der Waals surface area contributed by atoms with Crippen molar-refractivity contribution < 1.29 is 32.9 Å². The average Bonchev–Trinajstić information content (AvgIpc) is 3.35. The van der Waals surface area contributed by atoms with Crippen molar-refractivity contribution in [3.05, 3.63) is 82.1 Å². The number of hydrazone groups is 1. The maximum absolute atomic E-state index is 14.1. The summed E-state index contributed by atoms with van der Waals surface area (Å²) in [6, 6.07) is 14.5. The third-order valence-corrected chi connectivity index (χ3v) is 5.47. The summed E-state index contributed by atoms with van der Waals surface area (Å²) in [4.78, 5) is 24.3. The fourth-order valence-corrected chi connectivity index (χ4v) is 3.51. The van der Waals surface area contributed by atoms with E-state index in [0.29, 0.717) is 22.8 Å². The number of carbonyl (C=O) groups excluding carboxylic acids is 2. The van der Waals surface area contributed by atoms with E-state index in [4.69, 9.17) is 30.5 Å². The molecule has 0 aliphatic carbocycles. The molecule has 4 rings (SSSR count). The predicted octanol–water partition coefficient (Wildman–Crippen LogP) is 3.56. The summed E-state index contributed by atoms with van der Waals surface area (Å²) in [6.45, 7) is 0.0862. The van der Waals surface area contributed by atoms with Crippen LogP contribution in [0.4, 0.5) is 4.39 Å². The Balaban J connectivity index is 1.36. The lowest BCUT2D eigenvalue weighted by Crippen LogP contribution is -2.37. The first-order valence-corrected chi connectivity index (χ1v) is 11.1. The minimum absolute atomic E-state index is 0.110. The van der Waals surface area contributed by atoms with Gasteiger partial charge in [-0.2, -0.15) is 5.10 Å². The monoisotopic (exact) mass is 513 g/mol. The smallest absolute Gasteiger partial charge is 0.329 e. The van der Waals surface area contributed by atoms with Crippen LogP contribution in [-0.2, 0) is 22.7 Å². The molecule has 1 aliphatic rings. The number of methoxy groups -OCH3 is 1. The highest BCUT2D eigenvalue weighted by molar-refractivity contribution is 6.35. The fraction of sp³-hybridized carbons (Fsp3) is 0.160. The zero-order valence-electron chi connectivity index (χ0n) is 19.0. The van der Waals surface area contributed by atoms with Crippen LogP contribution in [0.2, 0.25) is 5.02 Å². The molecular weight excluding hydrogens is 493 g/mol. The van der Waals surface area contributed by atoms with Crippen molar-refractivity contribution >= 4 is 29.6 Å². The van der Waals surface area contributed by atoms with Gasteiger partial charge in [-0.1, -0.05) is 29.8 Å². The van der Waals surface area contributed by atoms with Crippen molar-refractivity contribution in [1.82, 2.24) is 10.7 Å². The number of amides is 2. The lowest BCUT2D eigenvalue weighted by atomic mass is 10.2. The summed E-state index contributed by atoms with van der Waals surface area (Å²) in [5.74, 6) is -0.536. The maximum atomic E-state index is 14.1. The molecule has 0 aromatic heterocycles. The van der Waals surface area contributed by atoms with Gasteiger partial charge in [-0.3, -0.25) is 9.59 Å². The Morgan fingerprint density at radius 1 is 1.11 bits per heavy atom. The molecule has 0 saturated heterocycles. The molecule has 3 aromatic rings. The number of rotatable bonds is 8. The Morgan fingerprint density at radius 3 is 2.72 bits per heavy atom. The second-order valence-corrected chi connectivity index (χ2v) is 7.84. The number of fused-ring (bicyclic) bond motifs is 1. The van der Waals surface area contributed by atoms with E-state index in [-0.39, 0.29) is 36.3 Å². The van der Waals surface area contributed by atoms with Gasteiger partial charge in [-0.05, 0) is 42.0 Å². The van der Waals surface area contributed by atoms with Crippen LogP contribution >= 0.6 is 11.6 Å². The maximum Gasteiger partial charge on any atom is 0.329 e. The number of hydrogen-bond acceptors (Lipinski definition) is 7. The number of carbonyl (C=O) groups is 2. The summed E-state index contributed by atoms with van der Waals surface area (Å²) in [5.41, 5.74) is 3.50. The van der Waals surface area contributed by atoms with Crippen LogP contribution in [0.25, 0.3) is 0 Å². The number of hydrogen-bond donors (Lipinski definition) is 2. The Morgan fingerprint density at radius 2 is 1.92 bits per heavy atom. The van der Waals surface area contributed by atoms with Crippen molar-refractivity contribution in [3.8, 4) is 23.0 Å². The second-order valence-electron chi connectivity index (χ2n) is 7.44. The molecule has 36 heavy (non-hydrogen) atoms. The minimum atomic E-state index is -0.963. The van der Waals surface area contributed by atoms with E-state index in [1.807, 2.05) is 0 Å². The summed E-state index contributed by atoms with van der Waals surface area (Å²) in [6.07, 6.45) is 1.28. The number of ether oxygens (including phenoxy) is 4. The third kappa shape index (κ3) is 5.84. The van der Waals surface area contributed by atoms with Crippen LogP contribution < -0.4 is 29.7 Å². The van der Waals surface area contributed by atoms with Gasteiger partial charge in [0.1, 0.15) is 12.4 Å². The summed E-state index contributed by atoms with van der Waals surface area (Å²) in [7, 11) is 1.45. The molecule has 0 spiro atoms. The van der Waals surface area contributed by atoms with Crippen LogP contribution in [0.15, 0.2) is 59.7 Å². The number of halogens is 2. The van der Waals surface area contributed by atoms with Gasteiger partial charge in [0.2, 0.25) is 6.79 Å². The van der Waals surface area contributed by atoms with Gasteiger partial charge in [0, 0.05) is 17.7 Å². The highest BCUT2D eigenvalue weighted by Crippen LogP contribution is 2.33. The van der Waals surface area contributed by atoms with Crippen molar-refractivity contribution in [2.24, 2.45) is 5.10 Å². The highest BCUT2D eigenvalue weighted by Gasteiger charge is 2.16. The van der Waals surface area contributed by atoms with Crippen LogP contribution in [0.1, 0.15) is 16.7 Å². The summed E-state index contributed by atoms with van der Waals surface area (Å²) in [5, 5.41) is 6.56. The molecule has 11 heteroatoms. The largest absolute Gasteiger partial charge is 0.493 e. The molecule has 2 N–H and O–H groups in total. The Bertz CT molecular complexity index is 1300. The van der Waals surface area contributed by atoms with Gasteiger partial charge in [-0.15, -0.1) is 0 Å². The van der Waals surface area contributed by atoms with E-state index in [1.165, 1.54) is 25.5 Å². The van der Waals surface area contributed by atoms with Crippen LogP contribution in [0.5, 0.6) is 23.0 Å². The zero-order valence-corrected chi connectivity index (χ0v) is 19.8. The van der Waals surface area contributed by atoms with Crippen LogP contribution in [0.3, 0.4) is 0 Å². The highest BCUT2D eigenvalue weighted by atomic mass is 35.5. The topological polar surface area (TPSA) is 107 Å². The lowest BCUT2D eigenvalue weighted by Gasteiger charge is -2.14. The van der Waals surface area contributed by atoms with Gasteiger partial charge in [0.05, 0.1) is 18.3 Å². The van der Waals surface area contributed by atoms with Gasteiger partial charge in [0.25, 0.3) is 0 Å². The average molecular weight is 514 g/mol. The van der Waals surface area contributed by atoms with Crippen molar-refractivity contribution in [2.45, 2.75) is 13.2 Å². The van der Waals surface area contributed by atoms with Crippen LogP contribution in [0, 0.1) is 5.82 Å². The minimum Gasteiger partial charge on any atom is -0.493 e. The quantitative estimate of drug-likeness (QED) is 0.271. The molecular formula is C25H21ClFN3O6. The second kappa shape index (κ2) is 11.4. The number of nitrogens with one attached hydrogen (secondary N) is 2. The van der Waals surface area contributed by atoms with E-state index in [9.17, 15) is 14.0 Å². The molecule has 1 heterocycles. The normalized spacial score (nSPS) is 11.9. The van der Waals surface area contributed by atoms with Crippen molar-refractivity contribution in [1.29, 1.82) is 0 Å². The van der Waals surface area contributed by atoms with Crippen LogP contribution in [-0.4, -0.2) is 31.9 Å². The van der Waals surface area contributed by atoms with E-state index < -0.39 is 17.6 Å². The van der Waals surface area contributed by atoms with Crippen molar-refractivity contribution in [3.63, 3.8) is 0 Å². The predicted molar refractivity (Wildman–Crippen MR) is 129 cm³/mol. The molecule has 3 aromatic carbocycles. The fourth-order valence-electron chi connectivity index (χ4n) is 3.29. The molecule has 0 unspecified atom stereocenters. The number of para-hydroxylation sites is 1. The first-order chi connectivity index (χ1) is 17.5. The Hall–Kier alpha value is -4.31. The van der Waals surface area contributed by atoms with E-state index >= 15 is 0 Å². The van der Waals surface area contributed by atoms with E-state index in [0.717, 1.165) is 5.56 Å². The molecule has 0 radical (unpaired) electrons. The van der Waals surface area contributed by atoms with Gasteiger partial charge in [-0.25, -0.2) is 9.82 Å². The van der Waals surface area contributed by atoms with Gasteiger partial charge in [0.15, 0.2) is 23.0 Å². The number of benzene rings is 3. The van der Waals surface area contributed by atoms with Gasteiger partial charge < -0.3 is 24.3 Å². The molecule has 0 bridgehead atoms. The first kappa shape index (κ1) is 24.8. The lowest BCUT2D eigenvalue weighted by molar-refractivity contribution is -0.139. The molecule has 9 nitrogen and oxygen atoms in total. The molecule has 0 fully saturated rings. The molecule has 186 valence electrons. The third-order valence-electron chi connectivity index (χ3n) is 5.12. The summed E-state index contributed by atoms with van der Waals surface area (Å²) < 4.78 is 35.7. The standard InChI is InChI=1S/C25H21ClFN3O6/c1-33-21-7-2-4-16(23(21)34-13-17-18(26)5-3-6-19(17)27)12-29-30-25(32)24(31)28-11-15-8-9-20-22(10-15)36-14-35-20/h2-10,12H,11,13-14H2,1H3,(H,28,31)(H,30,32)/b29-12-. The first-order valence-electron chi connectivity index (χ1n) is 10.7. The molecule has 2 amide bonds.